The van der Waals surface area contributed by atoms with Crippen LogP contribution in [0, 0.1) is 5.92 Å². The van der Waals surface area contributed by atoms with Crippen molar-refractivity contribution < 1.29 is 4.74 Å². The smallest absolute Gasteiger partial charge is 0.181 e. The summed E-state index contributed by atoms with van der Waals surface area (Å²) in [7, 11) is 0. The number of nitrogens with one attached hydrogen (secondary N) is 2. The highest BCUT2D eigenvalue weighted by atomic mass is 16.5. The molecule has 6 rings (SSSR count). The molecule has 3 heterocycles. The van der Waals surface area contributed by atoms with Crippen LogP contribution >= 0.6 is 0 Å². The maximum Gasteiger partial charge on any atom is 0.181 e. The fourth-order valence-electron chi connectivity index (χ4n) is 5.92. The lowest BCUT2D eigenvalue weighted by atomic mass is 9.98. The Kier molecular flexibility index (Phi) is 7.09. The summed E-state index contributed by atoms with van der Waals surface area (Å²) in [4.78, 5) is 7.29. The molecule has 2 aromatic heterocycles. The molecule has 5 aromatic rings. The van der Waals surface area contributed by atoms with E-state index >= 15 is 0 Å². The predicted molar refractivity (Wildman–Crippen MR) is 158 cm³/mol. The van der Waals surface area contributed by atoms with Crippen molar-refractivity contribution in [1.82, 2.24) is 30.3 Å². The third-order valence-electron chi connectivity index (χ3n) is 8.03. The SMILES string of the molecule is CC(C)Cc1nc(-c2ccc3[nH]nc(-c4ccc5cc(OCCN6C(C)CCCC6C)ccc5c4)c3c2)n[nH]1. The van der Waals surface area contributed by atoms with Gasteiger partial charge in [0.25, 0.3) is 0 Å². The van der Waals surface area contributed by atoms with Crippen LogP contribution in [0.3, 0.4) is 0 Å². The second-order valence-electron chi connectivity index (χ2n) is 11.5. The van der Waals surface area contributed by atoms with Crippen molar-refractivity contribution in [2.75, 3.05) is 13.2 Å². The summed E-state index contributed by atoms with van der Waals surface area (Å²) in [6, 6.07) is 20.4. The van der Waals surface area contributed by atoms with E-state index in [-0.39, 0.29) is 0 Å². The zero-order chi connectivity index (χ0) is 26.9. The van der Waals surface area contributed by atoms with Gasteiger partial charge in [0.1, 0.15) is 18.2 Å². The molecule has 2 N–H and O–H groups in total. The van der Waals surface area contributed by atoms with E-state index < -0.39 is 0 Å². The second-order valence-corrected chi connectivity index (χ2v) is 11.5. The summed E-state index contributed by atoms with van der Waals surface area (Å²) in [6.45, 7) is 10.7. The maximum absolute atomic E-state index is 6.18. The van der Waals surface area contributed by atoms with E-state index in [0.717, 1.165) is 68.9 Å². The molecule has 0 bridgehead atoms. The van der Waals surface area contributed by atoms with Crippen LogP contribution in [0.4, 0.5) is 0 Å². The highest BCUT2D eigenvalue weighted by Crippen LogP contribution is 2.32. The van der Waals surface area contributed by atoms with Gasteiger partial charge >= 0.3 is 0 Å². The first-order valence-electron chi connectivity index (χ1n) is 14.3. The van der Waals surface area contributed by atoms with Gasteiger partial charge in [-0.1, -0.05) is 38.5 Å². The van der Waals surface area contributed by atoms with Gasteiger partial charge in [-0.3, -0.25) is 15.1 Å². The summed E-state index contributed by atoms with van der Waals surface area (Å²) < 4.78 is 6.18. The van der Waals surface area contributed by atoms with Gasteiger partial charge in [-0.05, 0) is 79.8 Å². The number of ether oxygens (including phenoxy) is 1. The molecule has 0 amide bonds. The highest BCUT2D eigenvalue weighted by molar-refractivity contribution is 5.97. The Bertz CT molecular complexity index is 1570. The zero-order valence-corrected chi connectivity index (χ0v) is 23.4. The van der Waals surface area contributed by atoms with Crippen molar-refractivity contribution >= 4 is 21.7 Å². The molecule has 7 nitrogen and oxygen atoms in total. The van der Waals surface area contributed by atoms with Crippen LogP contribution < -0.4 is 4.74 Å². The van der Waals surface area contributed by atoms with Gasteiger partial charge in [-0.15, -0.1) is 0 Å². The number of hydrogen-bond donors (Lipinski definition) is 2. The Morgan fingerprint density at radius 2 is 1.67 bits per heavy atom. The van der Waals surface area contributed by atoms with Crippen LogP contribution in [-0.2, 0) is 6.42 Å². The molecule has 202 valence electrons. The first kappa shape index (κ1) is 25.6. The quantitative estimate of drug-likeness (QED) is 0.229. The molecule has 39 heavy (non-hydrogen) atoms. The third-order valence-corrected chi connectivity index (χ3v) is 8.03. The number of aromatic amines is 2. The van der Waals surface area contributed by atoms with Crippen molar-refractivity contribution in [2.45, 2.75) is 65.5 Å². The molecular formula is C32H38N6O. The molecule has 1 aliphatic rings. The third kappa shape index (κ3) is 5.41. The molecule has 1 aliphatic heterocycles. The van der Waals surface area contributed by atoms with Crippen LogP contribution in [0.15, 0.2) is 54.6 Å². The van der Waals surface area contributed by atoms with Crippen molar-refractivity contribution in [2.24, 2.45) is 5.92 Å². The van der Waals surface area contributed by atoms with Crippen molar-refractivity contribution in [3.05, 3.63) is 60.4 Å². The standard InChI is InChI=1S/C32H38N6O/c1-20(2)16-30-33-32(37-35-30)26-11-13-29-28(19-26)31(36-34-29)25-9-8-24-18-27(12-10-23(24)17-25)39-15-14-38-21(3)6-5-7-22(38)4/h8-13,17-22H,5-7,14-16H2,1-4H3,(H,34,36)(H,33,35,37). The molecular weight excluding hydrogens is 484 g/mol. The lowest BCUT2D eigenvalue weighted by Gasteiger charge is -2.38. The van der Waals surface area contributed by atoms with E-state index in [2.05, 4.69) is 102 Å². The minimum Gasteiger partial charge on any atom is -0.492 e. The zero-order valence-electron chi connectivity index (χ0n) is 23.4. The normalized spacial score (nSPS) is 18.4. The Morgan fingerprint density at radius 3 is 2.49 bits per heavy atom. The average molecular weight is 523 g/mol. The molecule has 3 aromatic carbocycles. The van der Waals surface area contributed by atoms with Gasteiger partial charge in [0.15, 0.2) is 5.82 Å². The minimum atomic E-state index is 0.525. The summed E-state index contributed by atoms with van der Waals surface area (Å²) in [5.41, 5.74) is 3.97. The number of benzene rings is 3. The van der Waals surface area contributed by atoms with Gasteiger partial charge in [0, 0.05) is 41.6 Å². The summed E-state index contributed by atoms with van der Waals surface area (Å²) in [5, 5.41) is 18.8. The van der Waals surface area contributed by atoms with Crippen LogP contribution in [0.25, 0.3) is 44.3 Å². The van der Waals surface area contributed by atoms with E-state index in [0.29, 0.717) is 24.6 Å². The predicted octanol–water partition coefficient (Wildman–Crippen LogP) is 7.01. The van der Waals surface area contributed by atoms with Gasteiger partial charge in [0.2, 0.25) is 0 Å². The van der Waals surface area contributed by atoms with Gasteiger partial charge < -0.3 is 4.74 Å². The van der Waals surface area contributed by atoms with Crippen LogP contribution in [0.5, 0.6) is 5.75 Å². The number of aromatic nitrogens is 5. The summed E-state index contributed by atoms with van der Waals surface area (Å²) in [5.74, 6) is 3.08. The monoisotopic (exact) mass is 522 g/mol. The lowest BCUT2D eigenvalue weighted by Crippen LogP contribution is -2.45. The number of nitrogens with zero attached hydrogens (tertiary/aromatic N) is 4. The number of piperidine rings is 1. The highest BCUT2D eigenvalue weighted by Gasteiger charge is 2.24. The van der Waals surface area contributed by atoms with Crippen LogP contribution in [0.2, 0.25) is 0 Å². The molecule has 2 atom stereocenters. The van der Waals surface area contributed by atoms with Crippen molar-refractivity contribution in [3.63, 3.8) is 0 Å². The fraction of sp³-hybridized carbons (Fsp3) is 0.406. The molecule has 1 saturated heterocycles. The first-order chi connectivity index (χ1) is 18.9. The second kappa shape index (κ2) is 10.8. The fourth-order valence-corrected chi connectivity index (χ4v) is 5.92. The van der Waals surface area contributed by atoms with Crippen LogP contribution in [0.1, 0.15) is 52.8 Å². The van der Waals surface area contributed by atoms with Gasteiger partial charge in [-0.25, -0.2) is 4.98 Å². The molecule has 0 saturated carbocycles. The van der Waals surface area contributed by atoms with Crippen molar-refractivity contribution in [1.29, 1.82) is 0 Å². The molecule has 1 fully saturated rings. The maximum atomic E-state index is 6.18. The number of fused-ring (bicyclic) bond motifs is 2. The van der Waals surface area contributed by atoms with E-state index in [4.69, 9.17) is 9.72 Å². The Morgan fingerprint density at radius 1 is 0.897 bits per heavy atom. The first-order valence-corrected chi connectivity index (χ1v) is 14.3. The summed E-state index contributed by atoms with van der Waals surface area (Å²) in [6.07, 6.45) is 4.79. The summed E-state index contributed by atoms with van der Waals surface area (Å²) >= 11 is 0. The number of H-pyrrole nitrogens is 2. The number of likely N-dealkylation sites (tertiary alicyclic amines) is 1. The molecule has 7 heteroatoms. The van der Waals surface area contributed by atoms with Gasteiger partial charge in [-0.2, -0.15) is 10.2 Å². The Hall–Kier alpha value is -3.71. The largest absolute Gasteiger partial charge is 0.492 e. The van der Waals surface area contributed by atoms with E-state index in [1.54, 1.807) is 0 Å². The lowest BCUT2D eigenvalue weighted by molar-refractivity contribution is 0.0852. The topological polar surface area (TPSA) is 82.7 Å². The average Bonchev–Trinajstić information content (AvgIpc) is 3.56. The number of hydrogen-bond acceptors (Lipinski definition) is 5. The molecule has 0 spiro atoms. The Balaban J connectivity index is 1.20. The van der Waals surface area contributed by atoms with E-state index in [9.17, 15) is 0 Å². The molecule has 0 radical (unpaired) electrons. The number of rotatable bonds is 8. The van der Waals surface area contributed by atoms with E-state index in [1.165, 1.54) is 19.3 Å². The molecule has 0 aliphatic carbocycles. The Labute approximate surface area is 230 Å². The van der Waals surface area contributed by atoms with E-state index in [1.807, 2.05) is 6.07 Å². The minimum absolute atomic E-state index is 0.525. The van der Waals surface area contributed by atoms with Gasteiger partial charge in [0.05, 0.1) is 11.2 Å². The molecule has 2 unspecified atom stereocenters. The van der Waals surface area contributed by atoms with Crippen LogP contribution in [-0.4, -0.2) is 55.5 Å². The van der Waals surface area contributed by atoms with Crippen molar-refractivity contribution in [3.8, 4) is 28.4 Å².